The van der Waals surface area contributed by atoms with Crippen molar-refractivity contribution in [2.75, 3.05) is 0 Å². The van der Waals surface area contributed by atoms with Gasteiger partial charge >= 0.3 is 0 Å². The second-order valence-corrected chi connectivity index (χ2v) is 3.10. The van der Waals surface area contributed by atoms with Gasteiger partial charge < -0.3 is 0 Å². The average Bonchev–Trinajstić information content (AvgIpc) is 2.19. The Labute approximate surface area is 78.4 Å². The fourth-order valence-electron chi connectivity index (χ4n) is 1.55. The van der Waals surface area contributed by atoms with Crippen molar-refractivity contribution in [1.29, 1.82) is 0 Å². The van der Waals surface area contributed by atoms with E-state index in [9.17, 15) is 0 Å². The molecule has 65 valence electrons. The molecule has 1 aromatic heterocycles. The molecule has 0 N–H and O–H groups in total. The van der Waals surface area contributed by atoms with Gasteiger partial charge in [-0.25, -0.2) is 0 Å². The maximum absolute atomic E-state index is 4.31. The van der Waals surface area contributed by atoms with E-state index in [0.29, 0.717) is 0 Å². The molecule has 0 saturated carbocycles. The summed E-state index contributed by atoms with van der Waals surface area (Å²) in [4.78, 5) is 4.31. The quantitative estimate of drug-likeness (QED) is 0.675. The third-order valence-corrected chi connectivity index (χ3v) is 2.16. The van der Waals surface area contributed by atoms with E-state index in [-0.39, 0.29) is 0 Å². The Hall–Kier alpha value is -1.37. The zero-order chi connectivity index (χ0) is 9.10. The highest BCUT2D eigenvalue weighted by atomic mass is 14.6. The number of benzene rings is 1. The van der Waals surface area contributed by atoms with Gasteiger partial charge in [-0.3, -0.25) is 4.98 Å². The average molecular weight is 170 g/mol. The van der Waals surface area contributed by atoms with E-state index < -0.39 is 0 Å². The molecular formula is C12H12N. The predicted octanol–water partition coefficient (Wildman–Crippen LogP) is 3.00. The zero-order valence-corrected chi connectivity index (χ0v) is 7.70. The number of hydrogen-bond donors (Lipinski definition) is 0. The van der Waals surface area contributed by atoms with Crippen molar-refractivity contribution in [3.05, 3.63) is 48.5 Å². The molecule has 1 aromatic carbocycles. The molecule has 1 nitrogen and oxygen atoms in total. The van der Waals surface area contributed by atoms with Gasteiger partial charge in [0.1, 0.15) is 0 Å². The topological polar surface area (TPSA) is 12.9 Å². The Kier molecular flexibility index (Phi) is 2.26. The van der Waals surface area contributed by atoms with Crippen LogP contribution >= 0.6 is 0 Å². The van der Waals surface area contributed by atoms with Crippen LogP contribution in [0.25, 0.3) is 10.9 Å². The first-order chi connectivity index (χ1) is 6.42. The van der Waals surface area contributed by atoms with Gasteiger partial charge in [0.25, 0.3) is 0 Å². The van der Waals surface area contributed by atoms with Crippen molar-refractivity contribution >= 4 is 10.9 Å². The number of pyridine rings is 1. The molecule has 1 heterocycles. The molecule has 1 radical (unpaired) electrons. The molecule has 0 aliphatic heterocycles. The van der Waals surface area contributed by atoms with E-state index in [2.05, 4.69) is 42.6 Å². The van der Waals surface area contributed by atoms with Crippen LogP contribution in [0.5, 0.6) is 0 Å². The molecule has 0 saturated heterocycles. The lowest BCUT2D eigenvalue weighted by Crippen LogP contribution is -1.87. The Morgan fingerprint density at radius 1 is 1.23 bits per heavy atom. The third-order valence-electron chi connectivity index (χ3n) is 2.16. The highest BCUT2D eigenvalue weighted by Gasteiger charge is 1.98. The van der Waals surface area contributed by atoms with Crippen LogP contribution in [0, 0.1) is 6.42 Å². The zero-order valence-electron chi connectivity index (χ0n) is 7.70. The molecule has 0 aliphatic rings. The molecule has 0 fully saturated rings. The Morgan fingerprint density at radius 2 is 2.08 bits per heavy atom. The van der Waals surface area contributed by atoms with Crippen molar-refractivity contribution < 1.29 is 0 Å². The smallest absolute Gasteiger partial charge is 0.0704 e. The van der Waals surface area contributed by atoms with Crippen LogP contribution in [0.2, 0.25) is 0 Å². The number of rotatable bonds is 2. The van der Waals surface area contributed by atoms with Crippen LogP contribution in [-0.4, -0.2) is 4.98 Å². The second-order valence-electron chi connectivity index (χ2n) is 3.10. The predicted molar refractivity (Wildman–Crippen MR) is 55.4 cm³/mol. The summed E-state index contributed by atoms with van der Waals surface area (Å²) in [6, 6.07) is 10.3. The van der Waals surface area contributed by atoms with Gasteiger partial charge in [-0.15, -0.1) is 0 Å². The fourth-order valence-corrected chi connectivity index (χ4v) is 1.55. The first-order valence-electron chi connectivity index (χ1n) is 4.52. The maximum atomic E-state index is 4.31. The van der Waals surface area contributed by atoms with E-state index in [0.717, 1.165) is 11.9 Å². The van der Waals surface area contributed by atoms with Gasteiger partial charge in [0.2, 0.25) is 0 Å². The molecule has 0 aliphatic carbocycles. The highest BCUT2D eigenvalue weighted by molar-refractivity contribution is 5.81. The first kappa shape index (κ1) is 8.24. The monoisotopic (exact) mass is 170 g/mol. The van der Waals surface area contributed by atoms with Crippen molar-refractivity contribution in [2.24, 2.45) is 0 Å². The number of nitrogens with zero attached hydrogens (tertiary/aromatic N) is 1. The van der Waals surface area contributed by atoms with Gasteiger partial charge in [-0.2, -0.15) is 0 Å². The van der Waals surface area contributed by atoms with Crippen molar-refractivity contribution in [1.82, 2.24) is 4.98 Å². The lowest BCUT2D eigenvalue weighted by Gasteiger charge is -2.02. The van der Waals surface area contributed by atoms with Gasteiger partial charge in [0, 0.05) is 11.6 Å². The molecular weight excluding hydrogens is 158 g/mol. The summed E-state index contributed by atoms with van der Waals surface area (Å²) < 4.78 is 0. The standard InChI is InChI=1S/C12H12N/c1-2-5-10-8-9-13-12-7-4-3-6-11(10)12/h2-4,6-9H,5H2,1H3. The summed E-state index contributed by atoms with van der Waals surface area (Å²) in [5, 5.41) is 1.27. The van der Waals surface area contributed by atoms with E-state index in [1.54, 1.807) is 0 Å². The summed E-state index contributed by atoms with van der Waals surface area (Å²) in [5.74, 6) is 0. The van der Waals surface area contributed by atoms with Gasteiger partial charge in [-0.1, -0.05) is 25.1 Å². The minimum Gasteiger partial charge on any atom is -0.256 e. The number of hydrogen-bond acceptors (Lipinski definition) is 1. The van der Waals surface area contributed by atoms with Gasteiger partial charge in [0.05, 0.1) is 5.52 Å². The van der Waals surface area contributed by atoms with Crippen molar-refractivity contribution in [3.8, 4) is 0 Å². The normalized spacial score (nSPS) is 10.5. The van der Waals surface area contributed by atoms with Crippen molar-refractivity contribution in [2.45, 2.75) is 13.3 Å². The highest BCUT2D eigenvalue weighted by Crippen LogP contribution is 2.16. The summed E-state index contributed by atoms with van der Waals surface area (Å²) in [7, 11) is 0. The molecule has 2 rings (SSSR count). The second kappa shape index (κ2) is 3.56. The van der Waals surface area contributed by atoms with Gasteiger partial charge in [0.15, 0.2) is 0 Å². The van der Waals surface area contributed by atoms with Crippen LogP contribution in [0.3, 0.4) is 0 Å². The van der Waals surface area contributed by atoms with Crippen LogP contribution in [0.15, 0.2) is 36.5 Å². The molecule has 0 spiro atoms. The molecule has 0 bridgehead atoms. The van der Waals surface area contributed by atoms with Crippen LogP contribution in [0.1, 0.15) is 12.5 Å². The molecule has 1 heteroatoms. The van der Waals surface area contributed by atoms with Crippen molar-refractivity contribution in [3.63, 3.8) is 0 Å². The van der Waals surface area contributed by atoms with E-state index in [1.807, 2.05) is 12.3 Å². The molecule has 0 unspecified atom stereocenters. The van der Waals surface area contributed by atoms with Crippen LogP contribution < -0.4 is 0 Å². The largest absolute Gasteiger partial charge is 0.256 e. The minimum atomic E-state index is 1.02. The molecule has 0 atom stereocenters. The van der Waals surface area contributed by atoms with Gasteiger partial charge in [-0.05, 0) is 30.5 Å². The molecule has 0 amide bonds. The number of para-hydroxylation sites is 1. The molecule has 13 heavy (non-hydrogen) atoms. The summed E-state index contributed by atoms with van der Waals surface area (Å²) >= 11 is 0. The molecule has 2 aromatic rings. The summed E-state index contributed by atoms with van der Waals surface area (Å²) in [5.41, 5.74) is 2.44. The number of aromatic nitrogens is 1. The lowest BCUT2D eigenvalue weighted by molar-refractivity contribution is 1.15. The summed E-state index contributed by atoms with van der Waals surface area (Å²) in [6.45, 7) is 2.08. The third kappa shape index (κ3) is 1.55. The van der Waals surface area contributed by atoms with E-state index in [4.69, 9.17) is 0 Å². The Bertz CT molecular complexity index is 401. The number of fused-ring (bicyclic) bond motifs is 1. The SMILES string of the molecule is C[CH]Cc1ccnc2ccccc12. The Morgan fingerprint density at radius 3 is 2.92 bits per heavy atom. The Balaban J connectivity index is 2.61. The van der Waals surface area contributed by atoms with Crippen LogP contribution in [-0.2, 0) is 6.42 Å². The minimum absolute atomic E-state index is 1.02. The van der Waals surface area contributed by atoms with Crippen LogP contribution in [0.4, 0.5) is 0 Å². The summed E-state index contributed by atoms with van der Waals surface area (Å²) in [6.07, 6.45) is 5.06. The maximum Gasteiger partial charge on any atom is 0.0704 e. The first-order valence-corrected chi connectivity index (χ1v) is 4.52. The lowest BCUT2D eigenvalue weighted by atomic mass is 10.1. The van der Waals surface area contributed by atoms with E-state index >= 15 is 0 Å². The van der Waals surface area contributed by atoms with E-state index in [1.165, 1.54) is 10.9 Å². The fraction of sp³-hybridized carbons (Fsp3) is 0.167.